The van der Waals surface area contributed by atoms with E-state index in [1.54, 1.807) is 18.3 Å². The van der Waals surface area contributed by atoms with E-state index in [1.807, 2.05) is 45.0 Å². The molecule has 2 aromatic rings. The normalized spacial score (nSPS) is 11.4. The van der Waals surface area contributed by atoms with Gasteiger partial charge in [-0.3, -0.25) is 9.78 Å². The molecule has 0 atom stereocenters. The number of rotatable bonds is 5. The van der Waals surface area contributed by atoms with Crippen LogP contribution < -0.4 is 10.2 Å². The minimum Gasteiger partial charge on any atom is -0.491 e. The summed E-state index contributed by atoms with van der Waals surface area (Å²) in [6.45, 7) is 5.80. The van der Waals surface area contributed by atoms with Crippen molar-refractivity contribution in [3.05, 3.63) is 59.9 Å². The molecule has 0 bridgehead atoms. The predicted molar refractivity (Wildman–Crippen MR) is 86.1 cm³/mol. The number of carbonyl (C=O) groups is 1. The van der Waals surface area contributed by atoms with E-state index in [1.165, 1.54) is 6.20 Å². The first kappa shape index (κ1) is 15.7. The largest absolute Gasteiger partial charge is 0.491 e. The van der Waals surface area contributed by atoms with Gasteiger partial charge in [-0.15, -0.1) is 0 Å². The highest BCUT2D eigenvalue weighted by Crippen LogP contribution is 2.14. The number of ether oxygens (including phenoxy) is 1. The number of nitrogens with zero attached hydrogens (tertiary/aromatic N) is 2. The summed E-state index contributed by atoms with van der Waals surface area (Å²) in [7, 11) is 0. The van der Waals surface area contributed by atoms with E-state index in [2.05, 4.69) is 15.5 Å². The lowest BCUT2D eigenvalue weighted by atomic mass is 10.1. The van der Waals surface area contributed by atoms with Crippen LogP contribution in [-0.4, -0.2) is 22.7 Å². The number of nitrogens with one attached hydrogen (secondary N) is 1. The maximum absolute atomic E-state index is 11.9. The molecule has 0 aliphatic rings. The van der Waals surface area contributed by atoms with Crippen molar-refractivity contribution in [3.8, 4) is 5.75 Å². The van der Waals surface area contributed by atoms with Crippen molar-refractivity contribution in [1.82, 2.24) is 10.4 Å². The highest BCUT2D eigenvalue weighted by atomic mass is 16.5. The first-order valence-corrected chi connectivity index (χ1v) is 7.08. The number of carbonyl (C=O) groups excluding carboxylic acids is 1. The molecule has 1 aromatic carbocycles. The summed E-state index contributed by atoms with van der Waals surface area (Å²) in [5.74, 6) is 0.526. The zero-order valence-corrected chi connectivity index (χ0v) is 12.9. The summed E-state index contributed by atoms with van der Waals surface area (Å²) in [6, 6.07) is 11.0. The van der Waals surface area contributed by atoms with Crippen LogP contribution in [0.15, 0.2) is 53.9 Å². The van der Waals surface area contributed by atoms with Gasteiger partial charge in [-0.05, 0) is 62.7 Å². The standard InChI is InChI=1S/C17H19N3O2/c1-12(2)22-16-8-6-14(7-9-16)13(3)19-20-17(21)15-5-4-10-18-11-15/h4-12H,1-3H3,(H,20,21)/b19-13-. The molecule has 22 heavy (non-hydrogen) atoms. The molecular weight excluding hydrogens is 278 g/mol. The molecule has 0 aliphatic carbocycles. The molecule has 1 aromatic heterocycles. The zero-order valence-electron chi connectivity index (χ0n) is 12.9. The highest BCUT2D eigenvalue weighted by Gasteiger charge is 2.05. The summed E-state index contributed by atoms with van der Waals surface area (Å²) in [5.41, 5.74) is 4.63. The van der Waals surface area contributed by atoms with Crippen LogP contribution in [-0.2, 0) is 0 Å². The molecule has 1 heterocycles. The molecule has 0 saturated carbocycles. The quantitative estimate of drug-likeness (QED) is 0.681. The van der Waals surface area contributed by atoms with Crippen LogP contribution in [0.2, 0.25) is 0 Å². The van der Waals surface area contributed by atoms with Crippen molar-refractivity contribution < 1.29 is 9.53 Å². The third kappa shape index (κ3) is 4.41. The molecule has 5 nitrogen and oxygen atoms in total. The van der Waals surface area contributed by atoms with Gasteiger partial charge in [0.2, 0.25) is 0 Å². The Kier molecular flexibility index (Phi) is 5.25. The molecule has 114 valence electrons. The maximum atomic E-state index is 11.9. The molecule has 0 aliphatic heterocycles. The van der Waals surface area contributed by atoms with Crippen molar-refractivity contribution in [2.24, 2.45) is 5.10 Å². The van der Waals surface area contributed by atoms with E-state index in [0.717, 1.165) is 11.3 Å². The van der Waals surface area contributed by atoms with Crippen LogP contribution in [0.3, 0.4) is 0 Å². The molecule has 0 unspecified atom stereocenters. The molecule has 0 fully saturated rings. The number of hydrogen-bond donors (Lipinski definition) is 1. The summed E-state index contributed by atoms with van der Waals surface area (Å²) >= 11 is 0. The Labute approximate surface area is 130 Å². The van der Waals surface area contributed by atoms with Gasteiger partial charge in [-0.2, -0.15) is 5.10 Å². The minimum absolute atomic E-state index is 0.138. The van der Waals surface area contributed by atoms with Crippen LogP contribution in [0.5, 0.6) is 5.75 Å². The van der Waals surface area contributed by atoms with Gasteiger partial charge >= 0.3 is 0 Å². The second-order valence-corrected chi connectivity index (χ2v) is 5.07. The summed E-state index contributed by atoms with van der Waals surface area (Å²) < 4.78 is 5.59. The number of benzene rings is 1. The topological polar surface area (TPSA) is 63.6 Å². The van der Waals surface area contributed by atoms with Crippen molar-refractivity contribution in [1.29, 1.82) is 0 Å². The molecule has 5 heteroatoms. The Bertz CT molecular complexity index is 649. The molecular formula is C17H19N3O2. The average molecular weight is 297 g/mol. The van der Waals surface area contributed by atoms with Crippen LogP contribution >= 0.6 is 0 Å². The molecule has 0 saturated heterocycles. The number of pyridine rings is 1. The second-order valence-electron chi connectivity index (χ2n) is 5.07. The monoisotopic (exact) mass is 297 g/mol. The molecule has 1 amide bonds. The van der Waals surface area contributed by atoms with Gasteiger partial charge in [0.1, 0.15) is 5.75 Å². The Morgan fingerprint density at radius 2 is 1.91 bits per heavy atom. The van der Waals surface area contributed by atoms with Crippen LogP contribution in [0.4, 0.5) is 0 Å². The van der Waals surface area contributed by atoms with E-state index in [0.29, 0.717) is 11.3 Å². The van der Waals surface area contributed by atoms with Crippen molar-refractivity contribution in [2.75, 3.05) is 0 Å². The Hall–Kier alpha value is -2.69. The van der Waals surface area contributed by atoms with Gasteiger partial charge in [0.25, 0.3) is 5.91 Å². The third-order valence-corrected chi connectivity index (χ3v) is 2.89. The first-order valence-electron chi connectivity index (χ1n) is 7.08. The molecule has 0 radical (unpaired) electrons. The van der Waals surface area contributed by atoms with E-state index < -0.39 is 0 Å². The fourth-order valence-corrected chi connectivity index (χ4v) is 1.81. The second kappa shape index (κ2) is 7.36. The zero-order chi connectivity index (χ0) is 15.9. The molecule has 0 spiro atoms. The lowest BCUT2D eigenvalue weighted by Gasteiger charge is -2.10. The molecule has 1 N–H and O–H groups in total. The van der Waals surface area contributed by atoms with Crippen LogP contribution in [0, 0.1) is 0 Å². The summed E-state index contributed by atoms with van der Waals surface area (Å²) in [5, 5.41) is 4.11. The summed E-state index contributed by atoms with van der Waals surface area (Å²) in [4.78, 5) is 15.8. The minimum atomic E-state index is -0.285. The van der Waals surface area contributed by atoms with Gasteiger partial charge in [0, 0.05) is 12.4 Å². The van der Waals surface area contributed by atoms with Gasteiger partial charge in [0.15, 0.2) is 0 Å². The Morgan fingerprint density at radius 3 is 2.50 bits per heavy atom. The van der Waals surface area contributed by atoms with E-state index in [-0.39, 0.29) is 12.0 Å². The maximum Gasteiger partial charge on any atom is 0.272 e. The van der Waals surface area contributed by atoms with Gasteiger partial charge in [0.05, 0.1) is 17.4 Å². The van der Waals surface area contributed by atoms with Crippen molar-refractivity contribution >= 4 is 11.6 Å². The van der Waals surface area contributed by atoms with Crippen LogP contribution in [0.25, 0.3) is 0 Å². The Balaban J connectivity index is 2.01. The van der Waals surface area contributed by atoms with Crippen LogP contribution in [0.1, 0.15) is 36.7 Å². The van der Waals surface area contributed by atoms with Gasteiger partial charge in [-0.25, -0.2) is 5.43 Å². The predicted octanol–water partition coefficient (Wildman–Crippen LogP) is 3.02. The lowest BCUT2D eigenvalue weighted by molar-refractivity contribution is 0.0954. The van der Waals surface area contributed by atoms with Gasteiger partial charge in [-0.1, -0.05) is 0 Å². The number of aromatic nitrogens is 1. The average Bonchev–Trinajstić information content (AvgIpc) is 2.53. The lowest BCUT2D eigenvalue weighted by Crippen LogP contribution is -2.19. The number of hydrazone groups is 1. The van der Waals surface area contributed by atoms with Crippen molar-refractivity contribution in [3.63, 3.8) is 0 Å². The smallest absolute Gasteiger partial charge is 0.272 e. The third-order valence-electron chi connectivity index (χ3n) is 2.89. The Morgan fingerprint density at radius 1 is 1.18 bits per heavy atom. The number of hydrogen-bond acceptors (Lipinski definition) is 4. The van der Waals surface area contributed by atoms with E-state index in [4.69, 9.17) is 4.74 Å². The highest BCUT2D eigenvalue weighted by molar-refractivity contribution is 6.00. The number of amides is 1. The fraction of sp³-hybridized carbons (Fsp3) is 0.235. The summed E-state index contributed by atoms with van der Waals surface area (Å²) in [6.07, 6.45) is 3.25. The van der Waals surface area contributed by atoms with E-state index in [9.17, 15) is 4.79 Å². The molecule has 2 rings (SSSR count). The van der Waals surface area contributed by atoms with Crippen molar-refractivity contribution in [2.45, 2.75) is 26.9 Å². The fourth-order valence-electron chi connectivity index (χ4n) is 1.81. The van der Waals surface area contributed by atoms with Gasteiger partial charge < -0.3 is 4.74 Å². The first-order chi connectivity index (χ1) is 10.6. The van der Waals surface area contributed by atoms with E-state index >= 15 is 0 Å². The SMILES string of the molecule is C/C(=N/NC(=O)c1cccnc1)c1ccc(OC(C)C)cc1.